The molecule has 3 aromatic rings. The van der Waals surface area contributed by atoms with Crippen molar-refractivity contribution >= 4 is 11.6 Å². The Hall–Kier alpha value is -2.49. The van der Waals surface area contributed by atoms with Crippen LogP contribution in [0.2, 0.25) is 5.02 Å². The van der Waals surface area contributed by atoms with E-state index in [2.05, 4.69) is 0 Å². The number of hydrogen-bond donors (Lipinski definition) is 1. The molecule has 0 radical (unpaired) electrons. The highest BCUT2D eigenvalue weighted by molar-refractivity contribution is 6.32. The van der Waals surface area contributed by atoms with Gasteiger partial charge in [0.15, 0.2) is 11.5 Å². The van der Waals surface area contributed by atoms with Gasteiger partial charge < -0.3 is 14.6 Å². The minimum atomic E-state index is 0.198. The van der Waals surface area contributed by atoms with Gasteiger partial charge >= 0.3 is 0 Å². The molecule has 1 N–H and O–H groups in total. The number of aryl methyl sites for hydroxylation is 1. The van der Waals surface area contributed by atoms with Crippen LogP contribution >= 0.6 is 11.6 Å². The van der Waals surface area contributed by atoms with E-state index in [4.69, 9.17) is 26.2 Å². The van der Waals surface area contributed by atoms with Crippen molar-refractivity contribution < 1.29 is 14.6 Å². The van der Waals surface area contributed by atoms with Crippen molar-refractivity contribution in [3.8, 4) is 11.5 Å². The van der Waals surface area contributed by atoms with Crippen molar-refractivity contribution in [1.29, 1.82) is 0 Å². The highest BCUT2D eigenvalue weighted by Crippen LogP contribution is 2.38. The van der Waals surface area contributed by atoms with Gasteiger partial charge in [-0.1, -0.05) is 72.3 Å². The number of hydrogen-bond acceptors (Lipinski definition) is 3. The number of rotatable bonds is 10. The molecule has 28 heavy (non-hydrogen) atoms. The number of benzene rings is 3. The fraction of sp³-hybridized carbons (Fsp3) is 0.250. The lowest BCUT2D eigenvalue weighted by atomic mass is 10.1. The highest BCUT2D eigenvalue weighted by Gasteiger charge is 2.14. The van der Waals surface area contributed by atoms with Crippen molar-refractivity contribution in [1.82, 2.24) is 0 Å². The normalized spacial score (nSPS) is 10.6. The second-order valence-corrected chi connectivity index (χ2v) is 7.04. The van der Waals surface area contributed by atoms with Crippen LogP contribution in [0.25, 0.3) is 0 Å². The van der Waals surface area contributed by atoms with Crippen molar-refractivity contribution in [3.63, 3.8) is 0 Å². The highest BCUT2D eigenvalue weighted by atomic mass is 35.5. The van der Waals surface area contributed by atoms with Crippen molar-refractivity contribution in [2.45, 2.75) is 32.5 Å². The van der Waals surface area contributed by atoms with Gasteiger partial charge in [-0.3, -0.25) is 0 Å². The molecule has 0 amide bonds. The maximum Gasteiger partial charge on any atom is 0.180 e. The smallest absolute Gasteiger partial charge is 0.180 e. The first kappa shape index (κ1) is 20.2. The summed E-state index contributed by atoms with van der Waals surface area (Å²) in [5.74, 6) is 1.21. The van der Waals surface area contributed by atoms with Crippen LogP contribution < -0.4 is 9.47 Å². The van der Waals surface area contributed by atoms with E-state index in [-0.39, 0.29) is 6.61 Å². The average Bonchev–Trinajstić information content (AvgIpc) is 2.73. The molecule has 0 aliphatic heterocycles. The Morgan fingerprint density at radius 2 is 1.32 bits per heavy atom. The van der Waals surface area contributed by atoms with Crippen LogP contribution in [0, 0.1) is 0 Å². The Labute approximate surface area is 171 Å². The maximum atomic E-state index is 9.02. The van der Waals surface area contributed by atoms with Gasteiger partial charge in [-0.05, 0) is 48.1 Å². The molecule has 3 nitrogen and oxygen atoms in total. The van der Waals surface area contributed by atoms with Gasteiger partial charge in [0, 0.05) is 6.61 Å². The van der Waals surface area contributed by atoms with E-state index >= 15 is 0 Å². The molecule has 0 aromatic heterocycles. The van der Waals surface area contributed by atoms with E-state index in [1.165, 1.54) is 0 Å². The van der Waals surface area contributed by atoms with E-state index < -0.39 is 0 Å². The van der Waals surface area contributed by atoms with Crippen LogP contribution in [-0.4, -0.2) is 11.7 Å². The Kier molecular flexibility index (Phi) is 7.77. The van der Waals surface area contributed by atoms with Crippen LogP contribution in [0.1, 0.15) is 29.5 Å². The zero-order valence-electron chi connectivity index (χ0n) is 15.8. The molecule has 0 unspecified atom stereocenters. The summed E-state index contributed by atoms with van der Waals surface area (Å²) in [6, 6.07) is 23.9. The van der Waals surface area contributed by atoms with Crippen LogP contribution in [0.5, 0.6) is 11.5 Å². The Morgan fingerprint density at radius 1 is 0.714 bits per heavy atom. The molecule has 0 heterocycles. The molecule has 0 aliphatic rings. The van der Waals surface area contributed by atoms with Gasteiger partial charge in [0.05, 0.1) is 5.02 Å². The molecule has 0 fully saturated rings. The standard InChI is InChI=1S/C24H25ClO3/c25-22-15-21(13-7-8-14-26)16-23(27-17-19-9-3-1-4-10-19)24(22)28-18-20-11-5-2-6-12-20/h1-6,9-12,15-16,26H,7-8,13-14,17-18H2. The second-order valence-electron chi connectivity index (χ2n) is 6.63. The summed E-state index contributed by atoms with van der Waals surface area (Å²) in [5, 5.41) is 9.56. The van der Waals surface area contributed by atoms with Gasteiger partial charge in [0.25, 0.3) is 0 Å². The number of aliphatic hydroxyl groups is 1. The third-order valence-corrected chi connectivity index (χ3v) is 4.69. The molecule has 3 rings (SSSR count). The van der Waals surface area contributed by atoms with E-state index in [0.717, 1.165) is 36.0 Å². The predicted octanol–water partition coefficient (Wildman–Crippen LogP) is 5.81. The molecular weight excluding hydrogens is 372 g/mol. The summed E-state index contributed by atoms with van der Waals surface area (Å²) in [7, 11) is 0. The van der Waals surface area contributed by atoms with Gasteiger partial charge in [-0.2, -0.15) is 0 Å². The van der Waals surface area contributed by atoms with Gasteiger partial charge in [-0.25, -0.2) is 0 Å². The largest absolute Gasteiger partial charge is 0.485 e. The third kappa shape index (κ3) is 6.01. The van der Waals surface area contributed by atoms with Crippen molar-refractivity contribution in [3.05, 3.63) is 94.5 Å². The molecule has 146 valence electrons. The summed E-state index contributed by atoms with van der Waals surface area (Å²) in [6.45, 7) is 1.06. The number of halogens is 1. The summed E-state index contributed by atoms with van der Waals surface area (Å²) >= 11 is 6.54. The summed E-state index contributed by atoms with van der Waals surface area (Å²) in [6.07, 6.45) is 2.50. The summed E-state index contributed by atoms with van der Waals surface area (Å²) in [4.78, 5) is 0. The quantitative estimate of drug-likeness (QED) is 0.439. The Balaban J connectivity index is 1.78. The topological polar surface area (TPSA) is 38.7 Å². The minimum absolute atomic E-state index is 0.198. The number of ether oxygens (including phenoxy) is 2. The van der Waals surface area contributed by atoms with Crippen LogP contribution in [0.3, 0.4) is 0 Å². The molecule has 3 aromatic carbocycles. The maximum absolute atomic E-state index is 9.02. The fourth-order valence-electron chi connectivity index (χ4n) is 2.92. The van der Waals surface area contributed by atoms with E-state index in [1.807, 2.05) is 72.8 Å². The van der Waals surface area contributed by atoms with Crippen LogP contribution in [0.4, 0.5) is 0 Å². The molecule has 0 spiro atoms. The zero-order chi connectivity index (χ0) is 19.6. The van der Waals surface area contributed by atoms with E-state index in [9.17, 15) is 0 Å². The van der Waals surface area contributed by atoms with E-state index in [1.54, 1.807) is 0 Å². The predicted molar refractivity (Wildman–Crippen MR) is 113 cm³/mol. The van der Waals surface area contributed by atoms with Crippen LogP contribution in [0.15, 0.2) is 72.8 Å². The molecule has 0 atom stereocenters. The van der Waals surface area contributed by atoms with Crippen molar-refractivity contribution in [2.75, 3.05) is 6.61 Å². The second kappa shape index (κ2) is 10.7. The Bertz CT molecular complexity index is 850. The monoisotopic (exact) mass is 396 g/mol. The zero-order valence-corrected chi connectivity index (χ0v) is 16.6. The lowest BCUT2D eigenvalue weighted by Gasteiger charge is -2.16. The fourth-order valence-corrected chi connectivity index (χ4v) is 3.21. The molecular formula is C24H25ClO3. The third-order valence-electron chi connectivity index (χ3n) is 4.41. The van der Waals surface area contributed by atoms with Gasteiger partial charge in [0.2, 0.25) is 0 Å². The molecule has 0 saturated carbocycles. The Morgan fingerprint density at radius 3 is 1.93 bits per heavy atom. The first-order chi connectivity index (χ1) is 13.8. The van der Waals surface area contributed by atoms with Gasteiger partial charge in [0.1, 0.15) is 13.2 Å². The van der Waals surface area contributed by atoms with Crippen LogP contribution in [-0.2, 0) is 19.6 Å². The lowest BCUT2D eigenvalue weighted by molar-refractivity contribution is 0.255. The first-order valence-electron chi connectivity index (χ1n) is 9.53. The van der Waals surface area contributed by atoms with E-state index in [0.29, 0.717) is 29.7 Å². The summed E-state index contributed by atoms with van der Waals surface area (Å²) < 4.78 is 12.1. The number of unbranched alkanes of at least 4 members (excludes halogenated alkanes) is 1. The number of aliphatic hydroxyl groups excluding tert-OH is 1. The minimum Gasteiger partial charge on any atom is -0.485 e. The summed E-state index contributed by atoms with van der Waals surface area (Å²) in [5.41, 5.74) is 3.23. The average molecular weight is 397 g/mol. The van der Waals surface area contributed by atoms with Gasteiger partial charge in [-0.15, -0.1) is 0 Å². The molecule has 0 aliphatic carbocycles. The lowest BCUT2D eigenvalue weighted by Crippen LogP contribution is -2.02. The SMILES string of the molecule is OCCCCc1cc(Cl)c(OCc2ccccc2)c(OCc2ccccc2)c1. The molecule has 0 bridgehead atoms. The first-order valence-corrected chi connectivity index (χ1v) is 9.91. The molecule has 0 saturated heterocycles. The molecule has 4 heteroatoms. The van der Waals surface area contributed by atoms with Crippen molar-refractivity contribution in [2.24, 2.45) is 0 Å².